The van der Waals surface area contributed by atoms with Crippen LogP contribution in [0.25, 0.3) is 22.2 Å². The highest BCUT2D eigenvalue weighted by molar-refractivity contribution is 5.84. The van der Waals surface area contributed by atoms with E-state index < -0.39 is 0 Å². The summed E-state index contributed by atoms with van der Waals surface area (Å²) >= 11 is 0. The van der Waals surface area contributed by atoms with Gasteiger partial charge in [-0.25, -0.2) is 4.98 Å². The zero-order valence-electron chi connectivity index (χ0n) is 10.1. The summed E-state index contributed by atoms with van der Waals surface area (Å²) in [5, 5.41) is 0.967. The molecular formula is C16H12NO. The fraction of sp³-hybridized carbons (Fsp3) is 0.0625. The van der Waals surface area contributed by atoms with Gasteiger partial charge in [0.1, 0.15) is 5.69 Å². The van der Waals surface area contributed by atoms with Crippen LogP contribution in [0.2, 0.25) is 0 Å². The van der Waals surface area contributed by atoms with Gasteiger partial charge in [0, 0.05) is 17.0 Å². The predicted octanol–water partition coefficient (Wildman–Crippen LogP) is 3.71. The smallest absolute Gasteiger partial charge is 0.153 e. The average molecular weight is 234 g/mol. The summed E-state index contributed by atoms with van der Waals surface area (Å²) in [4.78, 5) is 4.66. The van der Waals surface area contributed by atoms with E-state index in [4.69, 9.17) is 4.74 Å². The molecule has 3 rings (SSSR count). The second kappa shape index (κ2) is 4.49. The number of rotatable bonds is 2. The Balaban J connectivity index is 2.27. The van der Waals surface area contributed by atoms with Gasteiger partial charge in [0.25, 0.3) is 0 Å². The van der Waals surface area contributed by atoms with Crippen LogP contribution in [0.15, 0.2) is 54.6 Å². The van der Waals surface area contributed by atoms with E-state index in [2.05, 4.69) is 11.1 Å². The number of pyridine rings is 1. The van der Waals surface area contributed by atoms with Gasteiger partial charge in [0.15, 0.2) is 5.75 Å². The minimum Gasteiger partial charge on any atom is -0.494 e. The van der Waals surface area contributed by atoms with E-state index in [-0.39, 0.29) is 0 Å². The number of fused-ring (bicyclic) bond motifs is 1. The molecule has 0 aliphatic rings. The first-order valence-corrected chi connectivity index (χ1v) is 5.80. The van der Waals surface area contributed by atoms with Crippen LogP contribution in [0.4, 0.5) is 0 Å². The minimum absolute atomic E-state index is 0.680. The van der Waals surface area contributed by atoms with E-state index in [0.717, 1.165) is 22.2 Å². The molecule has 0 unspecified atom stereocenters. The second-order valence-corrected chi connectivity index (χ2v) is 4.00. The van der Waals surface area contributed by atoms with Crippen LogP contribution in [0, 0.1) is 6.07 Å². The largest absolute Gasteiger partial charge is 0.494 e. The Bertz CT molecular complexity index is 677. The van der Waals surface area contributed by atoms with Gasteiger partial charge in [-0.2, -0.15) is 0 Å². The third-order valence-electron chi connectivity index (χ3n) is 2.85. The maximum atomic E-state index is 5.39. The topological polar surface area (TPSA) is 22.1 Å². The lowest BCUT2D eigenvalue weighted by Gasteiger charge is -2.09. The molecule has 0 spiro atoms. The maximum Gasteiger partial charge on any atom is 0.153 e. The quantitative estimate of drug-likeness (QED) is 0.674. The molecule has 2 heteroatoms. The molecule has 0 N–H and O–H groups in total. The fourth-order valence-electron chi connectivity index (χ4n) is 1.97. The number of ether oxygens (including phenoxy) is 1. The highest BCUT2D eigenvalue weighted by atomic mass is 16.5. The highest BCUT2D eigenvalue weighted by Crippen LogP contribution is 2.30. The Hall–Kier alpha value is -2.35. The predicted molar refractivity (Wildman–Crippen MR) is 72.6 cm³/mol. The lowest BCUT2D eigenvalue weighted by atomic mass is 10.1. The van der Waals surface area contributed by atoms with Crippen molar-refractivity contribution in [3.63, 3.8) is 0 Å². The van der Waals surface area contributed by atoms with E-state index in [0.29, 0.717) is 5.75 Å². The van der Waals surface area contributed by atoms with Crippen LogP contribution in [0.1, 0.15) is 0 Å². The van der Waals surface area contributed by atoms with Crippen molar-refractivity contribution in [2.24, 2.45) is 0 Å². The summed E-state index contributed by atoms with van der Waals surface area (Å²) in [5.41, 5.74) is 2.80. The first-order valence-electron chi connectivity index (χ1n) is 5.80. The maximum absolute atomic E-state index is 5.39. The molecule has 0 saturated carbocycles. The number of nitrogens with zero attached hydrogens (tertiary/aromatic N) is 1. The first-order chi connectivity index (χ1) is 8.88. The summed E-state index contributed by atoms with van der Waals surface area (Å²) in [7, 11) is 1.65. The lowest BCUT2D eigenvalue weighted by Crippen LogP contribution is -1.92. The van der Waals surface area contributed by atoms with Crippen LogP contribution in [-0.4, -0.2) is 12.1 Å². The van der Waals surface area contributed by atoms with Crippen molar-refractivity contribution in [1.29, 1.82) is 0 Å². The van der Waals surface area contributed by atoms with Crippen molar-refractivity contribution in [3.05, 3.63) is 60.7 Å². The summed E-state index contributed by atoms with van der Waals surface area (Å²) < 4.78 is 5.39. The Morgan fingerprint density at radius 2 is 1.67 bits per heavy atom. The van der Waals surface area contributed by atoms with Gasteiger partial charge in [0.2, 0.25) is 0 Å². The number of hydrogen-bond donors (Lipinski definition) is 0. The lowest BCUT2D eigenvalue weighted by molar-refractivity contribution is 0.415. The molecule has 0 bridgehead atoms. The SMILES string of the molecule is COc1[c]c2ccccc2nc1-c1ccccc1. The molecule has 1 heterocycles. The van der Waals surface area contributed by atoms with Gasteiger partial charge in [-0.3, -0.25) is 0 Å². The molecule has 2 nitrogen and oxygen atoms in total. The van der Waals surface area contributed by atoms with Gasteiger partial charge in [0.05, 0.1) is 12.6 Å². The number of para-hydroxylation sites is 1. The van der Waals surface area contributed by atoms with Gasteiger partial charge in [-0.15, -0.1) is 0 Å². The van der Waals surface area contributed by atoms with Gasteiger partial charge < -0.3 is 4.74 Å². The molecule has 0 saturated heterocycles. The van der Waals surface area contributed by atoms with Crippen molar-refractivity contribution in [3.8, 4) is 17.0 Å². The molecule has 0 amide bonds. The zero-order chi connectivity index (χ0) is 12.4. The standard InChI is InChI=1S/C16H12NO/c1-18-15-11-13-9-5-6-10-14(13)17-16(15)12-7-3-2-4-8-12/h2-10H,1H3. The molecule has 18 heavy (non-hydrogen) atoms. The molecule has 0 aliphatic carbocycles. The third kappa shape index (κ3) is 1.82. The van der Waals surface area contributed by atoms with E-state index in [1.54, 1.807) is 7.11 Å². The van der Waals surface area contributed by atoms with E-state index in [1.165, 1.54) is 0 Å². The van der Waals surface area contributed by atoms with Crippen LogP contribution in [0.3, 0.4) is 0 Å². The molecule has 87 valence electrons. The van der Waals surface area contributed by atoms with Crippen LogP contribution >= 0.6 is 0 Å². The first kappa shape index (κ1) is 10.8. The van der Waals surface area contributed by atoms with Gasteiger partial charge in [-0.1, -0.05) is 48.5 Å². The molecule has 0 fully saturated rings. The summed E-state index contributed by atoms with van der Waals surface area (Å²) in [6, 6.07) is 21.2. The second-order valence-electron chi connectivity index (χ2n) is 4.00. The van der Waals surface area contributed by atoms with Crippen molar-refractivity contribution in [2.45, 2.75) is 0 Å². The molecular weight excluding hydrogens is 222 g/mol. The van der Waals surface area contributed by atoms with Crippen molar-refractivity contribution in [2.75, 3.05) is 7.11 Å². The van der Waals surface area contributed by atoms with Crippen LogP contribution < -0.4 is 4.74 Å². The van der Waals surface area contributed by atoms with Gasteiger partial charge in [-0.05, 0) is 6.07 Å². The van der Waals surface area contributed by atoms with E-state index in [9.17, 15) is 0 Å². The summed E-state index contributed by atoms with van der Waals surface area (Å²) in [6.07, 6.45) is 0. The van der Waals surface area contributed by atoms with Crippen molar-refractivity contribution < 1.29 is 4.74 Å². The third-order valence-corrected chi connectivity index (χ3v) is 2.85. The number of hydrogen-bond acceptors (Lipinski definition) is 2. The highest BCUT2D eigenvalue weighted by Gasteiger charge is 2.09. The molecule has 3 aromatic rings. The normalized spacial score (nSPS) is 10.5. The molecule has 0 atom stereocenters. The molecule has 2 aromatic carbocycles. The van der Waals surface area contributed by atoms with Crippen molar-refractivity contribution in [1.82, 2.24) is 4.98 Å². The van der Waals surface area contributed by atoms with Gasteiger partial charge >= 0.3 is 0 Å². The number of aromatic nitrogens is 1. The molecule has 1 aromatic heterocycles. The Morgan fingerprint density at radius 3 is 2.44 bits per heavy atom. The van der Waals surface area contributed by atoms with Crippen LogP contribution in [-0.2, 0) is 0 Å². The molecule has 0 aliphatic heterocycles. The van der Waals surface area contributed by atoms with E-state index in [1.807, 2.05) is 54.6 Å². The average Bonchev–Trinajstić information content (AvgIpc) is 2.46. The monoisotopic (exact) mass is 234 g/mol. The Labute approximate surface area is 106 Å². The molecule has 1 radical (unpaired) electrons. The summed E-state index contributed by atoms with van der Waals surface area (Å²) in [6.45, 7) is 0. The minimum atomic E-state index is 0.680. The van der Waals surface area contributed by atoms with Crippen LogP contribution in [0.5, 0.6) is 5.75 Å². The summed E-state index contributed by atoms with van der Waals surface area (Å²) in [5.74, 6) is 0.680. The van der Waals surface area contributed by atoms with Crippen molar-refractivity contribution >= 4 is 10.9 Å². The Morgan fingerprint density at radius 1 is 0.944 bits per heavy atom. The number of methoxy groups -OCH3 is 1. The fourth-order valence-corrected chi connectivity index (χ4v) is 1.97. The Kier molecular flexibility index (Phi) is 2.69. The van der Waals surface area contributed by atoms with E-state index >= 15 is 0 Å². The zero-order valence-corrected chi connectivity index (χ0v) is 10.1. The number of benzene rings is 2.